The lowest BCUT2D eigenvalue weighted by Crippen LogP contribution is -2.53. The van der Waals surface area contributed by atoms with Gasteiger partial charge in [-0.2, -0.15) is 5.10 Å². The molecule has 0 radical (unpaired) electrons. The van der Waals surface area contributed by atoms with Gasteiger partial charge in [0.15, 0.2) is 0 Å². The number of pyridine rings is 1. The molecule has 3 saturated heterocycles. The molecule has 268 valence electrons. The number of rotatable bonds is 7. The molecule has 2 aromatic carbocycles. The summed E-state index contributed by atoms with van der Waals surface area (Å²) in [6.07, 6.45) is 7.02. The van der Waals surface area contributed by atoms with Crippen LogP contribution >= 0.6 is 23.2 Å². The minimum Gasteiger partial charge on any atom is -0.374 e. The van der Waals surface area contributed by atoms with Crippen LogP contribution in [0.1, 0.15) is 54.4 Å². The summed E-state index contributed by atoms with van der Waals surface area (Å²) in [5.74, 6) is 0.279. The fourth-order valence-corrected chi connectivity index (χ4v) is 8.15. The summed E-state index contributed by atoms with van der Waals surface area (Å²) in [6, 6.07) is 11.8. The van der Waals surface area contributed by atoms with Gasteiger partial charge in [-0.3, -0.25) is 29.2 Å². The average Bonchev–Trinajstić information content (AvgIpc) is 3.62. The monoisotopic (exact) mass is 732 g/mol. The molecule has 3 fully saturated rings. The lowest BCUT2D eigenvalue weighted by Gasteiger charge is -2.37. The maximum atomic E-state index is 13.6. The first-order valence-electron chi connectivity index (χ1n) is 17.5. The Morgan fingerprint density at radius 1 is 0.922 bits per heavy atom. The maximum absolute atomic E-state index is 13.6. The molecule has 3 aliphatic rings. The number of fused-ring (bicyclic) bond motifs is 1. The molecule has 12 nitrogen and oxygen atoms in total. The van der Waals surface area contributed by atoms with Crippen LogP contribution in [0.3, 0.4) is 0 Å². The summed E-state index contributed by atoms with van der Waals surface area (Å²) in [5.41, 5.74) is 4.00. The molecule has 3 amide bonds. The van der Waals surface area contributed by atoms with E-state index in [0.29, 0.717) is 60.7 Å². The number of likely N-dealkylation sites (tertiary alicyclic amines) is 1. The third-order valence-electron chi connectivity index (χ3n) is 10.5. The van der Waals surface area contributed by atoms with Gasteiger partial charge in [-0.15, -0.1) is 0 Å². The Hall–Kier alpha value is -4.39. The Balaban J connectivity index is 0.892. The summed E-state index contributed by atoms with van der Waals surface area (Å²) in [6.45, 7) is 5.71. The minimum absolute atomic E-state index is 0.0594. The maximum Gasteiger partial charge on any atom is 0.276 e. The van der Waals surface area contributed by atoms with E-state index in [1.165, 1.54) is 10.1 Å². The zero-order chi connectivity index (χ0) is 35.8. The SMILES string of the molecule is CC1CCC(Nc2ccc(C3CCN(CC(=O)N4CCN(C(=O)c5c(Cl)cc(-c6cn(C)c(=O)c7[nH]ncc67)cc5Cl)CC4)CC3)cc2)C(=O)N1. The lowest BCUT2D eigenvalue weighted by atomic mass is 9.89. The fourth-order valence-electron chi connectivity index (χ4n) is 7.50. The molecule has 2 atom stereocenters. The van der Waals surface area contributed by atoms with E-state index in [1.807, 2.05) is 11.8 Å². The quantitative estimate of drug-likeness (QED) is 0.255. The Labute approximate surface area is 306 Å². The number of carbonyl (C=O) groups excluding carboxylic acids is 3. The normalized spacial score (nSPS) is 20.4. The predicted octanol–water partition coefficient (Wildman–Crippen LogP) is 4.48. The number of hydrogen-bond acceptors (Lipinski definition) is 7. The van der Waals surface area contributed by atoms with Crippen molar-refractivity contribution in [3.8, 4) is 11.1 Å². The van der Waals surface area contributed by atoms with E-state index in [1.54, 1.807) is 36.5 Å². The summed E-state index contributed by atoms with van der Waals surface area (Å²) in [4.78, 5) is 57.4. The van der Waals surface area contributed by atoms with E-state index in [9.17, 15) is 19.2 Å². The third kappa shape index (κ3) is 7.35. The molecule has 3 N–H and O–H groups in total. The van der Waals surface area contributed by atoms with E-state index in [-0.39, 0.29) is 51.0 Å². The predicted molar refractivity (Wildman–Crippen MR) is 198 cm³/mol. The van der Waals surface area contributed by atoms with Crippen molar-refractivity contribution in [2.24, 2.45) is 7.05 Å². The summed E-state index contributed by atoms with van der Waals surface area (Å²) in [7, 11) is 1.65. The highest BCUT2D eigenvalue weighted by atomic mass is 35.5. The molecule has 4 aromatic rings. The smallest absolute Gasteiger partial charge is 0.276 e. The molecule has 51 heavy (non-hydrogen) atoms. The highest BCUT2D eigenvalue weighted by Gasteiger charge is 2.30. The highest BCUT2D eigenvalue weighted by molar-refractivity contribution is 6.40. The second-order valence-corrected chi connectivity index (χ2v) is 14.8. The van der Waals surface area contributed by atoms with E-state index < -0.39 is 0 Å². The highest BCUT2D eigenvalue weighted by Crippen LogP contribution is 2.35. The minimum atomic E-state index is -0.280. The Morgan fingerprint density at radius 3 is 2.25 bits per heavy atom. The fraction of sp³-hybridized carbons (Fsp3) is 0.432. The number of carbonyl (C=O) groups is 3. The molecule has 5 heterocycles. The number of amides is 3. The number of nitrogens with one attached hydrogen (secondary N) is 3. The number of benzene rings is 2. The summed E-state index contributed by atoms with van der Waals surface area (Å²) in [5, 5.41) is 14.2. The lowest BCUT2D eigenvalue weighted by molar-refractivity contribution is -0.134. The van der Waals surface area contributed by atoms with Crippen molar-refractivity contribution in [2.45, 2.75) is 50.6 Å². The first-order chi connectivity index (χ1) is 24.5. The van der Waals surface area contributed by atoms with Crippen molar-refractivity contribution >= 4 is 57.5 Å². The van der Waals surface area contributed by atoms with E-state index >= 15 is 0 Å². The number of piperidine rings is 2. The van der Waals surface area contributed by atoms with Gasteiger partial charge in [0.05, 0.1) is 28.4 Å². The van der Waals surface area contributed by atoms with E-state index in [4.69, 9.17) is 23.2 Å². The van der Waals surface area contributed by atoms with Crippen molar-refractivity contribution in [1.29, 1.82) is 0 Å². The van der Waals surface area contributed by atoms with Crippen molar-refractivity contribution in [2.75, 3.05) is 51.1 Å². The molecule has 2 aromatic heterocycles. The Morgan fingerprint density at radius 2 is 1.59 bits per heavy atom. The van der Waals surface area contributed by atoms with Crippen LogP contribution in [0.25, 0.3) is 22.0 Å². The molecule has 3 aliphatic heterocycles. The van der Waals surface area contributed by atoms with Crippen molar-refractivity contribution in [3.63, 3.8) is 0 Å². The van der Waals surface area contributed by atoms with Crippen LogP contribution in [0.4, 0.5) is 5.69 Å². The van der Waals surface area contributed by atoms with Gasteiger partial charge in [0.25, 0.3) is 11.5 Å². The van der Waals surface area contributed by atoms with E-state index in [2.05, 4.69) is 50.0 Å². The molecule has 7 rings (SSSR count). The molecule has 14 heteroatoms. The standard InChI is InChI=1S/C37H42Cl2N8O4/c1-22-3-8-31(35(49)41-22)42-26-6-4-23(5-7-26)24-9-11-45(12-10-24)21-32(48)46-13-15-47(16-14-46)36(50)33-29(38)17-25(18-30(33)39)28-20-44(2)37(51)34-27(28)19-40-43-34/h4-7,17-20,22,24,31,42H,3,8-16,21H2,1-2H3,(H,40,43)(H,41,49). The number of H-pyrrole nitrogens is 1. The van der Waals surface area contributed by atoms with Crippen LogP contribution in [0.2, 0.25) is 10.0 Å². The number of aromatic nitrogens is 3. The number of aryl methyl sites for hydroxylation is 1. The van der Waals surface area contributed by atoms with Crippen molar-refractivity contribution in [1.82, 2.24) is 34.8 Å². The first kappa shape index (κ1) is 35.0. The van der Waals surface area contributed by atoms with Crippen LogP contribution in [-0.4, -0.2) is 105 Å². The van der Waals surface area contributed by atoms with Crippen molar-refractivity contribution < 1.29 is 14.4 Å². The van der Waals surface area contributed by atoms with Gasteiger partial charge in [-0.1, -0.05) is 35.3 Å². The van der Waals surface area contributed by atoms with Gasteiger partial charge in [0, 0.05) is 62.1 Å². The number of hydrogen-bond donors (Lipinski definition) is 3. The number of halogens is 2. The van der Waals surface area contributed by atoms with Crippen LogP contribution in [0, 0.1) is 0 Å². The summed E-state index contributed by atoms with van der Waals surface area (Å²) >= 11 is 13.3. The van der Waals surface area contributed by atoms with Gasteiger partial charge >= 0.3 is 0 Å². The Kier molecular flexibility index (Phi) is 10.1. The molecule has 0 aliphatic carbocycles. The molecular weight excluding hydrogens is 691 g/mol. The largest absolute Gasteiger partial charge is 0.374 e. The second-order valence-electron chi connectivity index (χ2n) is 14.0. The van der Waals surface area contributed by atoms with Gasteiger partial charge in [0.2, 0.25) is 11.8 Å². The molecule has 2 unspecified atom stereocenters. The van der Waals surface area contributed by atoms with Crippen LogP contribution in [-0.2, 0) is 16.6 Å². The molecule has 0 bridgehead atoms. The molecule has 0 saturated carbocycles. The molecular formula is C37H42Cl2N8O4. The third-order valence-corrected chi connectivity index (χ3v) is 11.1. The topological polar surface area (TPSA) is 136 Å². The zero-order valence-corrected chi connectivity index (χ0v) is 30.3. The van der Waals surface area contributed by atoms with Gasteiger partial charge in [0.1, 0.15) is 11.6 Å². The number of piperazine rings is 1. The number of aromatic amines is 1. The number of nitrogens with zero attached hydrogens (tertiary/aromatic N) is 5. The van der Waals surface area contributed by atoms with Crippen molar-refractivity contribution in [3.05, 3.63) is 80.3 Å². The Bertz CT molecular complexity index is 1990. The zero-order valence-electron chi connectivity index (χ0n) is 28.8. The van der Waals surface area contributed by atoms with Gasteiger partial charge < -0.3 is 25.0 Å². The molecule has 0 spiro atoms. The van der Waals surface area contributed by atoms with Gasteiger partial charge in [-0.25, -0.2) is 0 Å². The van der Waals surface area contributed by atoms with Crippen LogP contribution < -0.4 is 16.2 Å². The van der Waals surface area contributed by atoms with Gasteiger partial charge in [-0.05, 0) is 87.0 Å². The first-order valence-corrected chi connectivity index (χ1v) is 18.3. The second kappa shape index (κ2) is 14.7. The number of anilines is 1. The van der Waals surface area contributed by atoms with Crippen LogP contribution in [0.15, 0.2) is 53.6 Å². The average molecular weight is 734 g/mol. The summed E-state index contributed by atoms with van der Waals surface area (Å²) < 4.78 is 1.46. The van der Waals surface area contributed by atoms with E-state index in [0.717, 1.165) is 44.5 Å². The van der Waals surface area contributed by atoms with Crippen LogP contribution in [0.5, 0.6) is 0 Å².